The van der Waals surface area contributed by atoms with Gasteiger partial charge in [0.25, 0.3) is 0 Å². The molecule has 0 amide bonds. The summed E-state index contributed by atoms with van der Waals surface area (Å²) in [5.41, 5.74) is 0.211. The Balaban J connectivity index is 2.53. The molecule has 0 aliphatic rings. The second-order valence-electron chi connectivity index (χ2n) is 2.95. The number of aromatic carboxylic acids is 1. The van der Waals surface area contributed by atoms with Crippen molar-refractivity contribution < 1.29 is 19.7 Å². The first-order valence-corrected chi connectivity index (χ1v) is 5.46. The van der Waals surface area contributed by atoms with E-state index in [-0.39, 0.29) is 12.2 Å². The molecule has 0 saturated carbocycles. The molecule has 82 valence electrons. The fraction of sp³-hybridized carbons (Fsp3) is 0.300. The van der Waals surface area contributed by atoms with Crippen molar-refractivity contribution in [1.29, 1.82) is 0 Å². The van der Waals surface area contributed by atoms with Crippen LogP contribution in [0.15, 0.2) is 24.3 Å². The topological polar surface area (TPSA) is 66.8 Å². The Labute approximate surface area is 95.6 Å². The molecule has 0 spiro atoms. The molecular formula is C10H11BrO4. The van der Waals surface area contributed by atoms with Gasteiger partial charge in [-0.2, -0.15) is 0 Å². The molecule has 4 nitrogen and oxygen atoms in total. The summed E-state index contributed by atoms with van der Waals surface area (Å²) >= 11 is 3.11. The third-order valence-corrected chi connectivity index (χ3v) is 2.47. The molecular weight excluding hydrogens is 264 g/mol. The zero-order valence-electron chi connectivity index (χ0n) is 7.89. The van der Waals surface area contributed by atoms with Gasteiger partial charge in [0.2, 0.25) is 0 Å². The standard InChI is InChI=1S/C10H11BrO4/c11-5-8(12)6-15-9-3-1-7(2-4-9)10(13)14/h1-4,8,12H,5-6H2,(H,13,14). The predicted octanol–water partition coefficient (Wildman–Crippen LogP) is 1.52. The Kier molecular flexibility index (Phi) is 4.58. The summed E-state index contributed by atoms with van der Waals surface area (Å²) in [6.45, 7) is 0.178. The molecule has 0 aliphatic carbocycles. The van der Waals surface area contributed by atoms with Gasteiger partial charge in [-0.25, -0.2) is 4.79 Å². The average Bonchev–Trinajstić information content (AvgIpc) is 2.26. The number of carbonyl (C=O) groups is 1. The molecule has 1 unspecified atom stereocenters. The van der Waals surface area contributed by atoms with Crippen LogP contribution in [0.25, 0.3) is 0 Å². The van der Waals surface area contributed by atoms with E-state index in [9.17, 15) is 9.90 Å². The monoisotopic (exact) mass is 274 g/mol. The summed E-state index contributed by atoms with van der Waals surface area (Å²) in [4.78, 5) is 10.5. The summed E-state index contributed by atoms with van der Waals surface area (Å²) < 4.78 is 5.22. The van der Waals surface area contributed by atoms with E-state index in [0.717, 1.165) is 0 Å². The van der Waals surface area contributed by atoms with Crippen molar-refractivity contribution in [1.82, 2.24) is 0 Å². The molecule has 2 N–H and O–H groups in total. The van der Waals surface area contributed by atoms with E-state index in [1.54, 1.807) is 12.1 Å². The number of ether oxygens (including phenoxy) is 1. The van der Waals surface area contributed by atoms with E-state index in [1.165, 1.54) is 12.1 Å². The third-order valence-electron chi connectivity index (χ3n) is 1.72. The van der Waals surface area contributed by atoms with Gasteiger partial charge in [-0.15, -0.1) is 0 Å². The van der Waals surface area contributed by atoms with Gasteiger partial charge >= 0.3 is 5.97 Å². The summed E-state index contributed by atoms with van der Waals surface area (Å²) in [6.07, 6.45) is -0.566. The Morgan fingerprint density at radius 1 is 1.40 bits per heavy atom. The molecule has 0 radical (unpaired) electrons. The van der Waals surface area contributed by atoms with E-state index in [2.05, 4.69) is 15.9 Å². The molecule has 0 saturated heterocycles. The smallest absolute Gasteiger partial charge is 0.335 e. The van der Waals surface area contributed by atoms with Crippen LogP contribution in [0.3, 0.4) is 0 Å². The van der Waals surface area contributed by atoms with Crippen molar-refractivity contribution in [3.8, 4) is 5.75 Å². The number of carboxylic acids is 1. The van der Waals surface area contributed by atoms with Gasteiger partial charge in [0.15, 0.2) is 0 Å². The summed E-state index contributed by atoms with van der Waals surface area (Å²) in [7, 11) is 0. The first-order valence-electron chi connectivity index (χ1n) is 4.33. The highest BCUT2D eigenvalue weighted by atomic mass is 79.9. The number of halogens is 1. The summed E-state index contributed by atoms with van der Waals surface area (Å²) in [5.74, 6) is -0.429. The molecule has 5 heteroatoms. The fourth-order valence-corrected chi connectivity index (χ4v) is 1.12. The number of benzene rings is 1. The normalized spacial score (nSPS) is 12.1. The number of hydrogen-bond donors (Lipinski definition) is 2. The van der Waals surface area contributed by atoms with Crippen molar-refractivity contribution in [2.75, 3.05) is 11.9 Å². The quantitative estimate of drug-likeness (QED) is 0.799. The number of carboxylic acid groups (broad SMARTS) is 1. The van der Waals surface area contributed by atoms with Crippen LogP contribution in [-0.2, 0) is 0 Å². The number of rotatable bonds is 5. The molecule has 0 aromatic heterocycles. The van der Waals surface area contributed by atoms with Gasteiger partial charge in [0, 0.05) is 5.33 Å². The number of hydrogen-bond acceptors (Lipinski definition) is 3. The average molecular weight is 275 g/mol. The summed E-state index contributed by atoms with van der Waals surface area (Å²) in [6, 6.07) is 6.03. The molecule has 1 atom stereocenters. The van der Waals surface area contributed by atoms with Crippen LogP contribution in [-0.4, -0.2) is 34.2 Å². The van der Waals surface area contributed by atoms with Crippen LogP contribution in [0, 0.1) is 0 Å². The van der Waals surface area contributed by atoms with E-state index in [4.69, 9.17) is 9.84 Å². The van der Waals surface area contributed by atoms with Gasteiger partial charge in [-0.1, -0.05) is 15.9 Å². The second kappa shape index (κ2) is 5.72. The highest BCUT2D eigenvalue weighted by Crippen LogP contribution is 2.12. The first-order chi connectivity index (χ1) is 7.13. The number of alkyl halides is 1. The number of aliphatic hydroxyl groups is 1. The van der Waals surface area contributed by atoms with Crippen molar-refractivity contribution in [2.45, 2.75) is 6.10 Å². The number of aliphatic hydroxyl groups excluding tert-OH is 1. The van der Waals surface area contributed by atoms with Crippen molar-refractivity contribution in [3.05, 3.63) is 29.8 Å². The van der Waals surface area contributed by atoms with Crippen molar-refractivity contribution in [3.63, 3.8) is 0 Å². The Morgan fingerprint density at radius 3 is 2.47 bits per heavy atom. The zero-order valence-corrected chi connectivity index (χ0v) is 9.48. The SMILES string of the molecule is O=C(O)c1ccc(OCC(O)CBr)cc1. The Hall–Kier alpha value is -1.07. The van der Waals surface area contributed by atoms with Crippen molar-refractivity contribution in [2.24, 2.45) is 0 Å². The highest BCUT2D eigenvalue weighted by molar-refractivity contribution is 9.09. The van der Waals surface area contributed by atoms with E-state index in [1.807, 2.05) is 0 Å². The lowest BCUT2D eigenvalue weighted by molar-refractivity contribution is 0.0696. The Bertz CT molecular complexity index is 323. The molecule has 0 fully saturated rings. The molecule has 15 heavy (non-hydrogen) atoms. The van der Waals surface area contributed by atoms with E-state index in [0.29, 0.717) is 11.1 Å². The zero-order chi connectivity index (χ0) is 11.3. The van der Waals surface area contributed by atoms with Crippen LogP contribution >= 0.6 is 15.9 Å². The van der Waals surface area contributed by atoms with E-state index >= 15 is 0 Å². The largest absolute Gasteiger partial charge is 0.491 e. The van der Waals surface area contributed by atoms with Gasteiger partial charge in [-0.3, -0.25) is 0 Å². The minimum absolute atomic E-state index is 0.178. The van der Waals surface area contributed by atoms with Gasteiger partial charge in [0.05, 0.1) is 11.7 Å². The third kappa shape index (κ3) is 3.89. The molecule has 0 aliphatic heterocycles. The van der Waals surface area contributed by atoms with Crippen molar-refractivity contribution >= 4 is 21.9 Å². The lowest BCUT2D eigenvalue weighted by atomic mass is 10.2. The second-order valence-corrected chi connectivity index (χ2v) is 3.60. The van der Waals surface area contributed by atoms with Crippen LogP contribution in [0.4, 0.5) is 0 Å². The predicted molar refractivity (Wildman–Crippen MR) is 58.7 cm³/mol. The molecule has 1 rings (SSSR count). The highest BCUT2D eigenvalue weighted by Gasteiger charge is 2.04. The minimum atomic E-state index is -0.970. The molecule has 0 heterocycles. The van der Waals surface area contributed by atoms with Crippen LogP contribution < -0.4 is 4.74 Å². The first kappa shape index (κ1) is 12.0. The van der Waals surface area contributed by atoms with Gasteiger partial charge in [0.1, 0.15) is 12.4 Å². The fourth-order valence-electron chi connectivity index (χ4n) is 0.931. The Morgan fingerprint density at radius 2 is 2.00 bits per heavy atom. The molecule has 0 bridgehead atoms. The van der Waals surface area contributed by atoms with Gasteiger partial charge in [-0.05, 0) is 24.3 Å². The van der Waals surface area contributed by atoms with Crippen LogP contribution in [0.5, 0.6) is 5.75 Å². The van der Waals surface area contributed by atoms with Gasteiger partial charge < -0.3 is 14.9 Å². The lowest BCUT2D eigenvalue weighted by Gasteiger charge is -2.09. The maximum atomic E-state index is 10.5. The summed E-state index contributed by atoms with van der Waals surface area (Å²) in [5, 5.41) is 18.3. The van der Waals surface area contributed by atoms with Crippen LogP contribution in [0.2, 0.25) is 0 Å². The van der Waals surface area contributed by atoms with E-state index < -0.39 is 12.1 Å². The maximum absolute atomic E-state index is 10.5. The lowest BCUT2D eigenvalue weighted by Crippen LogP contribution is -2.18. The maximum Gasteiger partial charge on any atom is 0.335 e. The molecule has 1 aromatic carbocycles. The minimum Gasteiger partial charge on any atom is -0.491 e. The molecule has 1 aromatic rings. The van der Waals surface area contributed by atoms with Crippen LogP contribution in [0.1, 0.15) is 10.4 Å².